The molecule has 2 N–H and O–H groups in total. The lowest BCUT2D eigenvalue weighted by molar-refractivity contribution is -0.268. The van der Waals surface area contributed by atoms with E-state index in [9.17, 15) is 19.5 Å². The highest BCUT2D eigenvalue weighted by Crippen LogP contribution is 2.34. The summed E-state index contributed by atoms with van der Waals surface area (Å²) in [5.74, 6) is -1.73. The van der Waals surface area contributed by atoms with E-state index < -0.39 is 23.2 Å². The molecule has 2 aromatic carbocycles. The molecule has 1 aliphatic rings. The molecule has 33 heavy (non-hydrogen) atoms. The molecule has 0 spiro atoms. The molecule has 3 rings (SSSR count). The van der Waals surface area contributed by atoms with Crippen molar-refractivity contribution < 1.29 is 34.1 Å². The summed E-state index contributed by atoms with van der Waals surface area (Å²) in [5.41, 5.74) is 0.461. The van der Waals surface area contributed by atoms with E-state index in [4.69, 9.17) is 26.8 Å². The molecule has 9 nitrogen and oxygen atoms in total. The number of aromatic carboxylic acids is 1. The molecule has 1 saturated heterocycles. The molecule has 172 valence electrons. The fourth-order valence-corrected chi connectivity index (χ4v) is 4.31. The molecule has 0 aromatic heterocycles. The number of carbonyl (C=O) groups excluding carboxylic acids is 2. The van der Waals surface area contributed by atoms with Crippen LogP contribution >= 0.6 is 24.0 Å². The van der Waals surface area contributed by atoms with Gasteiger partial charge in [0.05, 0.1) is 24.7 Å². The Morgan fingerprint density at radius 2 is 1.91 bits per heavy atom. The molecule has 0 unspecified atom stereocenters. The molecule has 2 aromatic rings. The highest BCUT2D eigenvalue weighted by molar-refractivity contribution is 8.26. The van der Waals surface area contributed by atoms with Gasteiger partial charge in [-0.25, -0.2) is 4.79 Å². The van der Waals surface area contributed by atoms with Crippen molar-refractivity contribution in [2.75, 3.05) is 26.1 Å². The van der Waals surface area contributed by atoms with Crippen LogP contribution in [0.1, 0.15) is 22.3 Å². The molecule has 0 saturated carbocycles. The van der Waals surface area contributed by atoms with Gasteiger partial charge >= 0.3 is 5.97 Å². The average molecular weight is 488 g/mol. The minimum atomic E-state index is -1.38. The van der Waals surface area contributed by atoms with Crippen LogP contribution in [0, 0.1) is 0 Å². The fraction of sp³-hybridized carbons (Fsp3) is 0.182. The zero-order chi connectivity index (χ0) is 24.1. The Kier molecular flexibility index (Phi) is 7.56. The number of carbonyl (C=O) groups is 3. The lowest BCUT2D eigenvalue weighted by atomic mass is 10.1. The van der Waals surface area contributed by atoms with Gasteiger partial charge in [0, 0.05) is 18.7 Å². The van der Waals surface area contributed by atoms with Crippen LogP contribution in [0.5, 0.6) is 17.2 Å². The van der Waals surface area contributed by atoms with Crippen molar-refractivity contribution in [3.05, 3.63) is 52.4 Å². The first-order valence-electron chi connectivity index (χ1n) is 9.55. The molecule has 0 radical (unpaired) electrons. The van der Waals surface area contributed by atoms with E-state index in [1.54, 1.807) is 24.3 Å². The van der Waals surface area contributed by atoms with Gasteiger partial charge < -0.3 is 25.0 Å². The Balaban J connectivity index is 1.64. The number of thiocarbonyl (C=S) groups is 1. The third-order valence-corrected chi connectivity index (χ3v) is 6.01. The van der Waals surface area contributed by atoms with Crippen LogP contribution in [0.4, 0.5) is 5.69 Å². The summed E-state index contributed by atoms with van der Waals surface area (Å²) in [4.78, 5) is 37.9. The largest absolute Gasteiger partial charge is 0.872 e. The van der Waals surface area contributed by atoms with Crippen LogP contribution in [-0.4, -0.2) is 52.9 Å². The Labute approximate surface area is 199 Å². The van der Waals surface area contributed by atoms with E-state index in [0.29, 0.717) is 20.7 Å². The van der Waals surface area contributed by atoms with Gasteiger partial charge in [0.2, 0.25) is 5.91 Å². The Hall–Kier alpha value is -3.57. The number of methoxy groups -OCH3 is 2. The topological polar surface area (TPSA) is 128 Å². The zero-order valence-electron chi connectivity index (χ0n) is 17.6. The van der Waals surface area contributed by atoms with Crippen molar-refractivity contribution in [2.24, 2.45) is 0 Å². The third kappa shape index (κ3) is 5.62. The van der Waals surface area contributed by atoms with E-state index in [2.05, 4.69) is 5.32 Å². The first-order valence-corrected chi connectivity index (χ1v) is 10.8. The number of benzene rings is 2. The normalized spacial score (nSPS) is 14.5. The maximum atomic E-state index is 12.8. The second kappa shape index (κ2) is 10.4. The van der Waals surface area contributed by atoms with Crippen LogP contribution in [0.15, 0.2) is 41.3 Å². The van der Waals surface area contributed by atoms with Gasteiger partial charge in [0.1, 0.15) is 4.32 Å². The molecule has 11 heteroatoms. The molecule has 0 aliphatic carbocycles. The van der Waals surface area contributed by atoms with Crippen LogP contribution < -0.4 is 19.9 Å². The lowest BCUT2D eigenvalue weighted by Crippen LogP contribution is -2.31. The first-order chi connectivity index (χ1) is 15.7. The smallest absolute Gasteiger partial charge is 0.335 e. The quantitative estimate of drug-likeness (QED) is 0.427. The minimum Gasteiger partial charge on any atom is -0.872 e. The third-order valence-electron chi connectivity index (χ3n) is 4.64. The molecule has 2 amide bonds. The fourth-order valence-electron chi connectivity index (χ4n) is 3.00. The van der Waals surface area contributed by atoms with Gasteiger partial charge in [-0.15, -0.1) is 0 Å². The van der Waals surface area contributed by atoms with Crippen molar-refractivity contribution in [3.8, 4) is 17.2 Å². The van der Waals surface area contributed by atoms with Crippen LogP contribution in [-0.2, 0) is 9.59 Å². The summed E-state index contributed by atoms with van der Waals surface area (Å²) in [6.45, 7) is 0.0468. The molecular formula is C22H19N2O7S2-. The number of nitrogens with zero attached hydrogens (tertiary/aromatic N) is 1. The van der Waals surface area contributed by atoms with Gasteiger partial charge in [0.25, 0.3) is 5.91 Å². The van der Waals surface area contributed by atoms with Crippen molar-refractivity contribution in [3.63, 3.8) is 0 Å². The number of ether oxygens (including phenoxy) is 2. The van der Waals surface area contributed by atoms with Crippen molar-refractivity contribution in [1.82, 2.24) is 4.90 Å². The van der Waals surface area contributed by atoms with E-state index in [1.165, 1.54) is 25.2 Å². The Morgan fingerprint density at radius 1 is 1.18 bits per heavy atom. The summed E-state index contributed by atoms with van der Waals surface area (Å²) < 4.78 is 10.8. The van der Waals surface area contributed by atoms with E-state index >= 15 is 0 Å². The maximum Gasteiger partial charge on any atom is 0.335 e. The number of anilines is 1. The zero-order valence-corrected chi connectivity index (χ0v) is 19.2. The Morgan fingerprint density at radius 3 is 2.58 bits per heavy atom. The lowest BCUT2D eigenvalue weighted by Gasteiger charge is -2.15. The van der Waals surface area contributed by atoms with Gasteiger partial charge in [-0.3, -0.25) is 14.5 Å². The number of nitrogens with one attached hydrogen (secondary N) is 1. The van der Waals surface area contributed by atoms with Crippen molar-refractivity contribution >= 4 is 57.8 Å². The number of amides is 2. The summed E-state index contributed by atoms with van der Waals surface area (Å²) in [7, 11) is 3.05. The number of hydrogen-bond donors (Lipinski definition) is 2. The van der Waals surface area contributed by atoms with Gasteiger partial charge in [-0.05, 0) is 35.9 Å². The second-order valence-electron chi connectivity index (χ2n) is 6.76. The summed E-state index contributed by atoms with van der Waals surface area (Å²) in [6.07, 6.45) is 1.61. The maximum absolute atomic E-state index is 12.8. The molecule has 0 atom stereocenters. The van der Waals surface area contributed by atoms with Gasteiger partial charge in [-0.2, -0.15) is 0 Å². The second-order valence-corrected chi connectivity index (χ2v) is 8.44. The van der Waals surface area contributed by atoms with E-state index in [-0.39, 0.29) is 24.6 Å². The van der Waals surface area contributed by atoms with Gasteiger partial charge in [0.15, 0.2) is 11.5 Å². The number of hydrogen-bond acceptors (Lipinski definition) is 8. The SMILES string of the molecule is COc1ccc(C=C2SC(=S)N(CCC(=O)Nc3ccc([O-])c(C(=O)O)c3)C2=O)cc1OC. The highest BCUT2D eigenvalue weighted by atomic mass is 32.2. The van der Waals surface area contributed by atoms with Crippen LogP contribution in [0.2, 0.25) is 0 Å². The van der Waals surface area contributed by atoms with E-state index in [0.717, 1.165) is 29.5 Å². The number of thioether (sulfide) groups is 1. The first kappa shape index (κ1) is 24.1. The molecule has 0 bridgehead atoms. The number of carboxylic acids is 1. The molecule has 1 aliphatic heterocycles. The predicted octanol–water partition coefficient (Wildman–Crippen LogP) is 2.71. The summed E-state index contributed by atoms with van der Waals surface area (Å²) >= 11 is 6.42. The Bertz CT molecular complexity index is 1160. The average Bonchev–Trinajstić information content (AvgIpc) is 3.05. The van der Waals surface area contributed by atoms with Crippen molar-refractivity contribution in [2.45, 2.75) is 6.42 Å². The predicted molar refractivity (Wildman–Crippen MR) is 126 cm³/mol. The molecular weight excluding hydrogens is 468 g/mol. The van der Waals surface area contributed by atoms with Gasteiger partial charge in [-0.1, -0.05) is 41.9 Å². The number of carboxylic acid groups (broad SMARTS) is 1. The van der Waals surface area contributed by atoms with Crippen LogP contribution in [0.25, 0.3) is 6.08 Å². The monoisotopic (exact) mass is 487 g/mol. The van der Waals surface area contributed by atoms with Crippen molar-refractivity contribution in [1.29, 1.82) is 0 Å². The summed E-state index contributed by atoms with van der Waals surface area (Å²) in [5, 5.41) is 23.1. The summed E-state index contributed by atoms with van der Waals surface area (Å²) in [6, 6.07) is 8.72. The highest BCUT2D eigenvalue weighted by Gasteiger charge is 2.32. The van der Waals surface area contributed by atoms with E-state index in [1.807, 2.05) is 0 Å². The molecule has 1 fully saturated rings. The standard InChI is InChI=1S/C22H20N2O7S2/c1-30-16-6-3-12(9-17(16)31-2)10-18-20(27)24(22(32)33-18)8-7-19(26)23-13-4-5-15(25)14(11-13)21(28)29/h3-6,9-11,25H,7-8H2,1-2H3,(H,23,26)(H,28,29)/p-1. The molecule has 1 heterocycles. The van der Waals surface area contributed by atoms with Crippen LogP contribution in [0.3, 0.4) is 0 Å². The number of rotatable bonds is 8. The minimum absolute atomic E-state index is 0.0468.